The predicted molar refractivity (Wildman–Crippen MR) is 96.6 cm³/mol. The highest BCUT2D eigenvalue weighted by molar-refractivity contribution is 7.14. The van der Waals surface area contributed by atoms with E-state index in [1.807, 2.05) is 37.3 Å². The predicted octanol–water partition coefficient (Wildman–Crippen LogP) is 4.68. The van der Waals surface area contributed by atoms with Crippen molar-refractivity contribution in [2.75, 3.05) is 0 Å². The van der Waals surface area contributed by atoms with Crippen molar-refractivity contribution in [3.05, 3.63) is 56.2 Å². The number of nitrogens with zero attached hydrogens (tertiary/aromatic N) is 1. The van der Waals surface area contributed by atoms with E-state index in [4.69, 9.17) is 11.6 Å². The number of hydrogen-bond donors (Lipinski definition) is 1. The number of hydrogen-bond acceptors (Lipinski definition) is 3. The lowest BCUT2D eigenvalue weighted by molar-refractivity contribution is 0.0959. The van der Waals surface area contributed by atoms with Gasteiger partial charge in [0.1, 0.15) is 0 Å². The lowest BCUT2D eigenvalue weighted by Crippen LogP contribution is -2.18. The quantitative estimate of drug-likeness (QED) is 0.636. The number of nitrogens with one attached hydrogen (secondary N) is 1. The summed E-state index contributed by atoms with van der Waals surface area (Å²) < 4.78 is 0. The maximum Gasteiger partial charge on any atom is 0.281 e. The molecule has 3 rings (SSSR count). The first-order valence-electron chi connectivity index (χ1n) is 7.75. The maximum absolute atomic E-state index is 12.3. The van der Waals surface area contributed by atoms with E-state index in [-0.39, 0.29) is 5.91 Å². The molecule has 0 spiro atoms. The number of fused-ring (bicyclic) bond motifs is 1. The molecular weight excluding hydrogens is 328 g/mol. The Morgan fingerprint density at radius 2 is 2.17 bits per heavy atom. The Kier molecular flexibility index (Phi) is 4.83. The van der Waals surface area contributed by atoms with Gasteiger partial charge in [-0.2, -0.15) is 5.10 Å². The van der Waals surface area contributed by atoms with Gasteiger partial charge in [0.05, 0.1) is 10.6 Å². The Balaban J connectivity index is 1.72. The van der Waals surface area contributed by atoms with Crippen LogP contribution in [0.15, 0.2) is 35.4 Å². The molecule has 1 N–H and O–H groups in total. The second-order valence-corrected chi connectivity index (χ2v) is 7.57. The molecule has 1 atom stereocenters. The Labute approximate surface area is 145 Å². The van der Waals surface area contributed by atoms with Gasteiger partial charge in [0, 0.05) is 15.5 Å². The summed E-state index contributed by atoms with van der Waals surface area (Å²) >= 11 is 7.73. The Morgan fingerprint density at radius 1 is 1.39 bits per heavy atom. The topological polar surface area (TPSA) is 41.5 Å². The van der Waals surface area contributed by atoms with Gasteiger partial charge in [-0.3, -0.25) is 4.79 Å². The van der Waals surface area contributed by atoms with Crippen LogP contribution in [-0.2, 0) is 12.8 Å². The largest absolute Gasteiger partial charge is 0.281 e. The first-order valence-corrected chi connectivity index (χ1v) is 8.95. The van der Waals surface area contributed by atoms with Gasteiger partial charge >= 0.3 is 0 Å². The fraction of sp³-hybridized carbons (Fsp3) is 0.333. The number of halogens is 1. The monoisotopic (exact) mass is 346 g/mol. The smallest absolute Gasteiger partial charge is 0.266 e. The van der Waals surface area contributed by atoms with E-state index in [2.05, 4.69) is 17.5 Å². The van der Waals surface area contributed by atoms with Crippen LogP contribution in [0.25, 0.3) is 0 Å². The van der Waals surface area contributed by atoms with E-state index < -0.39 is 0 Å². The lowest BCUT2D eigenvalue weighted by atomic mass is 9.90. The zero-order valence-electron chi connectivity index (χ0n) is 13.2. The molecule has 5 heteroatoms. The van der Waals surface area contributed by atoms with Crippen molar-refractivity contribution in [2.24, 2.45) is 11.0 Å². The van der Waals surface area contributed by atoms with Gasteiger partial charge < -0.3 is 0 Å². The Morgan fingerprint density at radius 3 is 2.96 bits per heavy atom. The summed E-state index contributed by atoms with van der Waals surface area (Å²) in [5.41, 5.74) is 5.49. The third-order valence-electron chi connectivity index (χ3n) is 4.14. The van der Waals surface area contributed by atoms with E-state index in [0.717, 1.165) is 23.3 Å². The molecule has 0 saturated carbocycles. The average molecular weight is 347 g/mol. The molecule has 0 fully saturated rings. The van der Waals surface area contributed by atoms with Gasteiger partial charge in [-0.1, -0.05) is 36.7 Å². The summed E-state index contributed by atoms with van der Waals surface area (Å²) in [7, 11) is 0. The molecule has 1 aromatic heterocycles. The fourth-order valence-corrected chi connectivity index (χ4v) is 4.19. The summed E-state index contributed by atoms with van der Waals surface area (Å²) in [6.45, 7) is 4.10. The van der Waals surface area contributed by atoms with E-state index in [9.17, 15) is 4.79 Å². The Bertz CT molecular complexity index is 766. The third kappa shape index (κ3) is 3.65. The van der Waals surface area contributed by atoms with E-state index in [1.54, 1.807) is 11.3 Å². The van der Waals surface area contributed by atoms with Gasteiger partial charge in [-0.05, 0) is 49.8 Å². The van der Waals surface area contributed by atoms with Gasteiger partial charge in [-0.25, -0.2) is 5.43 Å². The van der Waals surface area contributed by atoms with Gasteiger partial charge in [0.2, 0.25) is 0 Å². The van der Waals surface area contributed by atoms with Crippen molar-refractivity contribution in [2.45, 2.75) is 33.1 Å². The molecule has 0 saturated heterocycles. The van der Waals surface area contributed by atoms with Crippen LogP contribution in [0, 0.1) is 5.92 Å². The first kappa shape index (κ1) is 16.2. The zero-order valence-corrected chi connectivity index (χ0v) is 14.8. The molecule has 1 amide bonds. The molecule has 1 aliphatic rings. The lowest BCUT2D eigenvalue weighted by Gasteiger charge is -2.16. The molecule has 0 aliphatic heterocycles. The number of aryl methyl sites for hydroxylation is 1. The number of amides is 1. The van der Waals surface area contributed by atoms with Crippen molar-refractivity contribution < 1.29 is 4.79 Å². The fourth-order valence-electron chi connectivity index (χ4n) is 2.82. The van der Waals surface area contributed by atoms with Crippen molar-refractivity contribution >= 4 is 34.6 Å². The van der Waals surface area contributed by atoms with Crippen molar-refractivity contribution in [1.82, 2.24) is 5.43 Å². The number of rotatable bonds is 3. The number of thiophene rings is 1. The van der Waals surface area contributed by atoms with Crippen LogP contribution in [0.3, 0.4) is 0 Å². The minimum atomic E-state index is -0.150. The van der Waals surface area contributed by atoms with E-state index in [0.29, 0.717) is 16.7 Å². The van der Waals surface area contributed by atoms with Gasteiger partial charge in [0.25, 0.3) is 5.91 Å². The average Bonchev–Trinajstić information content (AvgIpc) is 2.95. The number of carbonyl (C=O) groups is 1. The minimum Gasteiger partial charge on any atom is -0.266 e. The van der Waals surface area contributed by atoms with Crippen LogP contribution in [0.4, 0.5) is 0 Å². The van der Waals surface area contributed by atoms with Crippen LogP contribution >= 0.6 is 22.9 Å². The SMILES string of the molecule is C/C(=N/NC(=O)c1cc2c(s1)CC[C@@H](C)C2)c1ccccc1Cl. The molecule has 1 heterocycles. The molecule has 1 aromatic carbocycles. The molecule has 0 unspecified atom stereocenters. The van der Waals surface area contributed by atoms with Crippen molar-refractivity contribution in [1.29, 1.82) is 0 Å². The molecule has 23 heavy (non-hydrogen) atoms. The summed E-state index contributed by atoms with van der Waals surface area (Å²) in [4.78, 5) is 14.4. The third-order valence-corrected chi connectivity index (χ3v) is 5.71. The summed E-state index contributed by atoms with van der Waals surface area (Å²) in [5.74, 6) is 0.553. The summed E-state index contributed by atoms with van der Waals surface area (Å²) in [6.07, 6.45) is 3.36. The number of hydrazone groups is 1. The van der Waals surface area contributed by atoms with E-state index >= 15 is 0 Å². The molecule has 2 aromatic rings. The molecular formula is C18H19ClN2OS. The van der Waals surface area contributed by atoms with Crippen molar-refractivity contribution in [3.63, 3.8) is 0 Å². The van der Waals surface area contributed by atoms with E-state index in [1.165, 1.54) is 16.9 Å². The Hall–Kier alpha value is -1.65. The minimum absolute atomic E-state index is 0.150. The second kappa shape index (κ2) is 6.85. The highest BCUT2D eigenvalue weighted by atomic mass is 35.5. The van der Waals surface area contributed by atoms with Crippen LogP contribution in [0.5, 0.6) is 0 Å². The molecule has 120 valence electrons. The molecule has 0 radical (unpaired) electrons. The second-order valence-electron chi connectivity index (χ2n) is 6.03. The number of benzene rings is 1. The standard InChI is InChI=1S/C18H19ClN2OS/c1-11-7-8-16-13(9-11)10-17(23-16)18(22)21-20-12(2)14-5-3-4-6-15(14)19/h3-6,10-11H,7-9H2,1-2H3,(H,21,22)/b20-12-/t11-/m1/s1. The van der Waals surface area contributed by atoms with Crippen LogP contribution in [0.2, 0.25) is 5.02 Å². The van der Waals surface area contributed by atoms with Gasteiger partial charge in [0.15, 0.2) is 0 Å². The van der Waals surface area contributed by atoms with Crippen LogP contribution in [0.1, 0.15) is 45.9 Å². The maximum atomic E-state index is 12.3. The molecule has 1 aliphatic carbocycles. The highest BCUT2D eigenvalue weighted by Crippen LogP contribution is 2.32. The highest BCUT2D eigenvalue weighted by Gasteiger charge is 2.20. The molecule has 3 nitrogen and oxygen atoms in total. The summed E-state index contributed by atoms with van der Waals surface area (Å²) in [6, 6.07) is 9.49. The van der Waals surface area contributed by atoms with Crippen LogP contribution < -0.4 is 5.43 Å². The zero-order chi connectivity index (χ0) is 16.4. The molecule has 0 bridgehead atoms. The van der Waals surface area contributed by atoms with Crippen molar-refractivity contribution in [3.8, 4) is 0 Å². The van der Waals surface area contributed by atoms with Crippen LogP contribution in [-0.4, -0.2) is 11.6 Å². The normalized spacial score (nSPS) is 17.7. The first-order chi connectivity index (χ1) is 11.0. The van der Waals surface area contributed by atoms with Gasteiger partial charge in [-0.15, -0.1) is 11.3 Å². The number of carbonyl (C=O) groups excluding carboxylic acids is 1. The summed E-state index contributed by atoms with van der Waals surface area (Å²) in [5, 5.41) is 4.82.